The SMILES string of the molecule is O=C(OC[C@H]1CCCCN1)N1CCOCC1. The Balaban J connectivity index is 1.65. The molecule has 5 heteroatoms. The molecular weight excluding hydrogens is 208 g/mol. The molecule has 0 saturated carbocycles. The van der Waals surface area contributed by atoms with Crippen molar-refractivity contribution in [3.8, 4) is 0 Å². The van der Waals surface area contributed by atoms with Crippen molar-refractivity contribution in [3.05, 3.63) is 0 Å². The van der Waals surface area contributed by atoms with E-state index in [2.05, 4.69) is 5.32 Å². The van der Waals surface area contributed by atoms with Crippen LogP contribution >= 0.6 is 0 Å². The van der Waals surface area contributed by atoms with Crippen LogP contribution in [0.3, 0.4) is 0 Å². The van der Waals surface area contributed by atoms with E-state index in [1.54, 1.807) is 4.90 Å². The third-order valence-corrected chi connectivity index (χ3v) is 3.09. The van der Waals surface area contributed by atoms with Crippen LogP contribution in [-0.4, -0.2) is 56.5 Å². The minimum absolute atomic E-state index is 0.198. The Hall–Kier alpha value is -0.810. The molecule has 2 saturated heterocycles. The molecule has 5 nitrogen and oxygen atoms in total. The molecule has 0 aromatic carbocycles. The highest BCUT2D eigenvalue weighted by Gasteiger charge is 2.20. The molecule has 2 aliphatic heterocycles. The van der Waals surface area contributed by atoms with Crippen molar-refractivity contribution in [1.29, 1.82) is 0 Å². The summed E-state index contributed by atoms with van der Waals surface area (Å²) in [6.45, 7) is 4.08. The van der Waals surface area contributed by atoms with Crippen LogP contribution in [0.4, 0.5) is 4.79 Å². The molecule has 1 amide bonds. The van der Waals surface area contributed by atoms with E-state index in [1.807, 2.05) is 0 Å². The van der Waals surface area contributed by atoms with Crippen molar-refractivity contribution in [2.24, 2.45) is 0 Å². The normalized spacial score (nSPS) is 26.5. The smallest absolute Gasteiger partial charge is 0.409 e. The lowest BCUT2D eigenvalue weighted by Gasteiger charge is -2.28. The second kappa shape index (κ2) is 6.06. The summed E-state index contributed by atoms with van der Waals surface area (Å²) < 4.78 is 10.5. The quantitative estimate of drug-likeness (QED) is 0.752. The van der Waals surface area contributed by atoms with Crippen molar-refractivity contribution in [1.82, 2.24) is 10.2 Å². The number of morpholine rings is 1. The predicted molar refractivity (Wildman–Crippen MR) is 59.4 cm³/mol. The minimum Gasteiger partial charge on any atom is -0.448 e. The number of carbonyl (C=O) groups is 1. The molecule has 2 rings (SSSR count). The Kier molecular flexibility index (Phi) is 4.42. The van der Waals surface area contributed by atoms with Crippen molar-refractivity contribution >= 4 is 6.09 Å². The largest absolute Gasteiger partial charge is 0.448 e. The summed E-state index contributed by atoms with van der Waals surface area (Å²) in [6, 6.07) is 0.346. The highest BCUT2D eigenvalue weighted by molar-refractivity contribution is 5.67. The molecule has 2 fully saturated rings. The summed E-state index contributed by atoms with van der Waals surface area (Å²) >= 11 is 0. The van der Waals surface area contributed by atoms with Crippen LogP contribution < -0.4 is 5.32 Å². The number of hydrogen-bond donors (Lipinski definition) is 1. The van der Waals surface area contributed by atoms with Crippen LogP contribution in [0, 0.1) is 0 Å². The van der Waals surface area contributed by atoms with Crippen LogP contribution in [-0.2, 0) is 9.47 Å². The first-order valence-corrected chi connectivity index (χ1v) is 6.09. The van der Waals surface area contributed by atoms with E-state index in [4.69, 9.17) is 9.47 Å². The first-order valence-electron chi connectivity index (χ1n) is 6.09. The van der Waals surface area contributed by atoms with E-state index in [0.717, 1.165) is 13.0 Å². The molecule has 0 spiro atoms. The van der Waals surface area contributed by atoms with Gasteiger partial charge in [0.2, 0.25) is 0 Å². The molecule has 16 heavy (non-hydrogen) atoms. The van der Waals surface area contributed by atoms with Gasteiger partial charge in [0.15, 0.2) is 0 Å². The average molecular weight is 228 g/mol. The van der Waals surface area contributed by atoms with Gasteiger partial charge in [-0.1, -0.05) is 6.42 Å². The molecular formula is C11H20N2O3. The molecule has 1 N–H and O–H groups in total. The maximum Gasteiger partial charge on any atom is 0.409 e. The zero-order valence-corrected chi connectivity index (χ0v) is 9.61. The van der Waals surface area contributed by atoms with E-state index in [1.165, 1.54) is 12.8 Å². The number of amides is 1. The molecule has 0 aromatic heterocycles. The summed E-state index contributed by atoms with van der Waals surface area (Å²) in [7, 11) is 0. The third kappa shape index (κ3) is 3.35. The first kappa shape index (κ1) is 11.7. The van der Waals surface area contributed by atoms with Crippen molar-refractivity contribution in [2.75, 3.05) is 39.5 Å². The Morgan fingerprint density at radius 2 is 2.19 bits per heavy atom. The topological polar surface area (TPSA) is 50.8 Å². The molecule has 0 radical (unpaired) electrons. The fourth-order valence-corrected chi connectivity index (χ4v) is 2.08. The van der Waals surface area contributed by atoms with Gasteiger partial charge in [0.05, 0.1) is 13.2 Å². The number of ether oxygens (including phenoxy) is 2. The standard InChI is InChI=1S/C11H20N2O3/c14-11(13-5-7-15-8-6-13)16-9-10-3-1-2-4-12-10/h10,12H,1-9H2/t10-/m1/s1. The van der Waals surface area contributed by atoms with E-state index in [0.29, 0.717) is 39.0 Å². The molecule has 2 aliphatic rings. The molecule has 2 heterocycles. The molecule has 92 valence electrons. The van der Waals surface area contributed by atoms with E-state index < -0.39 is 0 Å². The molecule has 0 unspecified atom stereocenters. The minimum atomic E-state index is -0.198. The third-order valence-electron chi connectivity index (χ3n) is 3.09. The second-order valence-corrected chi connectivity index (χ2v) is 4.32. The van der Waals surface area contributed by atoms with Crippen LogP contribution in [0.15, 0.2) is 0 Å². The van der Waals surface area contributed by atoms with E-state index in [9.17, 15) is 4.79 Å². The second-order valence-electron chi connectivity index (χ2n) is 4.32. The molecule has 0 bridgehead atoms. The van der Waals surface area contributed by atoms with Gasteiger partial charge in [-0.05, 0) is 19.4 Å². The number of nitrogens with zero attached hydrogens (tertiary/aromatic N) is 1. The van der Waals surface area contributed by atoms with Gasteiger partial charge in [-0.2, -0.15) is 0 Å². The number of piperidine rings is 1. The van der Waals surface area contributed by atoms with Crippen LogP contribution in [0.25, 0.3) is 0 Å². The van der Waals surface area contributed by atoms with Crippen LogP contribution in [0.5, 0.6) is 0 Å². The van der Waals surface area contributed by atoms with Crippen LogP contribution in [0.2, 0.25) is 0 Å². The van der Waals surface area contributed by atoms with Crippen LogP contribution in [0.1, 0.15) is 19.3 Å². The van der Waals surface area contributed by atoms with Gasteiger partial charge < -0.3 is 19.7 Å². The highest BCUT2D eigenvalue weighted by atomic mass is 16.6. The van der Waals surface area contributed by atoms with Gasteiger partial charge in [0, 0.05) is 19.1 Å². The maximum absolute atomic E-state index is 11.7. The fourth-order valence-electron chi connectivity index (χ4n) is 2.08. The molecule has 0 aliphatic carbocycles. The lowest BCUT2D eigenvalue weighted by molar-refractivity contribution is 0.0238. The molecule has 1 atom stereocenters. The zero-order valence-electron chi connectivity index (χ0n) is 9.61. The first-order chi connectivity index (χ1) is 7.86. The lowest BCUT2D eigenvalue weighted by atomic mass is 10.1. The Morgan fingerprint density at radius 3 is 2.88 bits per heavy atom. The Bertz CT molecular complexity index is 223. The van der Waals surface area contributed by atoms with Gasteiger partial charge in [0.25, 0.3) is 0 Å². The summed E-state index contributed by atoms with van der Waals surface area (Å²) in [5, 5.41) is 3.36. The average Bonchev–Trinajstić information content (AvgIpc) is 2.38. The number of rotatable bonds is 2. The summed E-state index contributed by atoms with van der Waals surface area (Å²) in [4.78, 5) is 13.4. The van der Waals surface area contributed by atoms with Gasteiger partial charge >= 0.3 is 6.09 Å². The number of hydrogen-bond acceptors (Lipinski definition) is 4. The molecule has 0 aromatic rings. The van der Waals surface area contributed by atoms with Crippen molar-refractivity contribution < 1.29 is 14.3 Å². The van der Waals surface area contributed by atoms with Crippen molar-refractivity contribution in [3.63, 3.8) is 0 Å². The maximum atomic E-state index is 11.7. The fraction of sp³-hybridized carbons (Fsp3) is 0.909. The van der Waals surface area contributed by atoms with Gasteiger partial charge in [-0.15, -0.1) is 0 Å². The summed E-state index contributed by atoms with van der Waals surface area (Å²) in [5.74, 6) is 0. The highest BCUT2D eigenvalue weighted by Crippen LogP contribution is 2.08. The van der Waals surface area contributed by atoms with E-state index in [-0.39, 0.29) is 6.09 Å². The van der Waals surface area contributed by atoms with Gasteiger partial charge in [-0.25, -0.2) is 4.79 Å². The monoisotopic (exact) mass is 228 g/mol. The van der Waals surface area contributed by atoms with Crippen molar-refractivity contribution in [2.45, 2.75) is 25.3 Å². The zero-order chi connectivity index (χ0) is 11.2. The van der Waals surface area contributed by atoms with Gasteiger partial charge in [-0.3, -0.25) is 0 Å². The predicted octanol–water partition coefficient (Wildman–Crippen LogP) is 0.597. The summed E-state index contributed by atoms with van der Waals surface area (Å²) in [5.41, 5.74) is 0. The van der Waals surface area contributed by atoms with Gasteiger partial charge in [0.1, 0.15) is 6.61 Å². The number of nitrogens with one attached hydrogen (secondary N) is 1. The number of carbonyl (C=O) groups excluding carboxylic acids is 1. The Labute approximate surface area is 96.1 Å². The van der Waals surface area contributed by atoms with E-state index >= 15 is 0 Å². The lowest BCUT2D eigenvalue weighted by Crippen LogP contribution is -2.44. The Morgan fingerprint density at radius 1 is 1.38 bits per heavy atom. The summed E-state index contributed by atoms with van der Waals surface area (Å²) in [6.07, 6.45) is 3.37.